The molecule has 0 saturated carbocycles. The molecule has 21 heavy (non-hydrogen) atoms. The van der Waals surface area contributed by atoms with Crippen LogP contribution in [0, 0.1) is 5.82 Å². The van der Waals surface area contributed by atoms with E-state index in [2.05, 4.69) is 15.6 Å². The predicted molar refractivity (Wildman–Crippen MR) is 74.5 cm³/mol. The Bertz CT molecular complexity index is 441. The Morgan fingerprint density at radius 2 is 1.76 bits per heavy atom. The van der Waals surface area contributed by atoms with Crippen LogP contribution < -0.4 is 10.6 Å². The summed E-state index contributed by atoms with van der Waals surface area (Å²) >= 11 is 0. The molecule has 0 heterocycles. The van der Waals surface area contributed by atoms with E-state index < -0.39 is 12.6 Å². The quantitative estimate of drug-likeness (QED) is 0.366. The first-order valence-corrected chi connectivity index (χ1v) is 6.66. The van der Waals surface area contributed by atoms with Crippen molar-refractivity contribution in [2.75, 3.05) is 13.6 Å². The first kappa shape index (κ1) is 17.3. The van der Waals surface area contributed by atoms with Gasteiger partial charge in [-0.25, -0.2) is 4.39 Å². The SMILES string of the molecule is CN=C(NCCCCC(F)(F)F)NCc1ccc(F)cc1. The number of unbranched alkanes of at least 4 members (excludes halogenated alkanes) is 1. The number of alkyl halides is 3. The molecule has 0 amide bonds. The van der Waals surface area contributed by atoms with Crippen molar-refractivity contribution in [3.63, 3.8) is 0 Å². The summed E-state index contributed by atoms with van der Waals surface area (Å²) in [5, 5.41) is 5.94. The minimum absolute atomic E-state index is 0.0887. The maximum atomic E-state index is 12.7. The molecular formula is C14H19F4N3. The van der Waals surface area contributed by atoms with E-state index in [1.165, 1.54) is 12.1 Å². The zero-order valence-corrected chi connectivity index (χ0v) is 11.8. The third-order valence-corrected chi connectivity index (χ3v) is 2.78. The lowest BCUT2D eigenvalue weighted by molar-refractivity contribution is -0.135. The van der Waals surface area contributed by atoms with Gasteiger partial charge in [0, 0.05) is 26.6 Å². The summed E-state index contributed by atoms with van der Waals surface area (Å²) < 4.78 is 48.6. The number of nitrogens with zero attached hydrogens (tertiary/aromatic N) is 1. The normalized spacial score (nSPS) is 12.3. The summed E-state index contributed by atoms with van der Waals surface area (Å²) in [6.45, 7) is 0.877. The Kier molecular flexibility index (Phi) is 6.98. The van der Waals surface area contributed by atoms with E-state index in [9.17, 15) is 17.6 Å². The molecule has 0 saturated heterocycles. The minimum atomic E-state index is -4.09. The van der Waals surface area contributed by atoms with Crippen LogP contribution in [0.2, 0.25) is 0 Å². The number of aliphatic imine (C=N–C) groups is 1. The van der Waals surface area contributed by atoms with Gasteiger partial charge in [-0.1, -0.05) is 12.1 Å². The predicted octanol–water partition coefficient (Wildman–Crippen LogP) is 3.22. The fourth-order valence-corrected chi connectivity index (χ4v) is 1.67. The van der Waals surface area contributed by atoms with E-state index in [0.29, 0.717) is 25.5 Å². The van der Waals surface area contributed by atoms with Crippen molar-refractivity contribution in [1.29, 1.82) is 0 Å². The number of hydrogen-bond donors (Lipinski definition) is 2. The maximum absolute atomic E-state index is 12.7. The number of rotatable bonds is 6. The molecule has 1 aromatic rings. The van der Waals surface area contributed by atoms with Gasteiger partial charge in [0.1, 0.15) is 5.82 Å². The zero-order valence-electron chi connectivity index (χ0n) is 11.8. The zero-order chi connectivity index (χ0) is 15.7. The highest BCUT2D eigenvalue weighted by atomic mass is 19.4. The molecule has 0 atom stereocenters. The van der Waals surface area contributed by atoms with Gasteiger partial charge in [0.15, 0.2) is 5.96 Å². The van der Waals surface area contributed by atoms with Crippen molar-refractivity contribution in [3.8, 4) is 0 Å². The Hall–Kier alpha value is -1.79. The van der Waals surface area contributed by atoms with Gasteiger partial charge in [-0.2, -0.15) is 13.2 Å². The van der Waals surface area contributed by atoms with Crippen molar-refractivity contribution in [1.82, 2.24) is 10.6 Å². The van der Waals surface area contributed by atoms with Crippen molar-refractivity contribution in [3.05, 3.63) is 35.6 Å². The van der Waals surface area contributed by atoms with Crippen LogP contribution in [-0.4, -0.2) is 25.7 Å². The average molecular weight is 305 g/mol. The molecule has 0 radical (unpaired) electrons. The Balaban J connectivity index is 2.22. The molecule has 7 heteroatoms. The van der Waals surface area contributed by atoms with Crippen molar-refractivity contribution < 1.29 is 17.6 Å². The summed E-state index contributed by atoms with van der Waals surface area (Å²) in [4.78, 5) is 3.97. The molecule has 2 N–H and O–H groups in total. The summed E-state index contributed by atoms with van der Waals surface area (Å²) in [6.07, 6.45) is -4.36. The van der Waals surface area contributed by atoms with Crippen LogP contribution in [0.3, 0.4) is 0 Å². The third kappa shape index (κ3) is 8.16. The Morgan fingerprint density at radius 1 is 1.10 bits per heavy atom. The summed E-state index contributed by atoms with van der Waals surface area (Å²) in [5.74, 6) is 0.206. The number of nitrogens with one attached hydrogen (secondary N) is 2. The monoisotopic (exact) mass is 305 g/mol. The molecule has 0 bridgehead atoms. The van der Waals surface area contributed by atoms with Gasteiger partial charge in [-0.3, -0.25) is 4.99 Å². The van der Waals surface area contributed by atoms with Gasteiger partial charge >= 0.3 is 6.18 Å². The number of halogens is 4. The van der Waals surface area contributed by atoms with Crippen LogP contribution in [-0.2, 0) is 6.54 Å². The fraction of sp³-hybridized carbons (Fsp3) is 0.500. The third-order valence-electron chi connectivity index (χ3n) is 2.78. The lowest BCUT2D eigenvalue weighted by atomic mass is 10.2. The van der Waals surface area contributed by atoms with Crippen molar-refractivity contribution in [2.24, 2.45) is 4.99 Å². The van der Waals surface area contributed by atoms with Gasteiger partial charge in [-0.05, 0) is 30.5 Å². The van der Waals surface area contributed by atoms with Crippen LogP contribution in [0.25, 0.3) is 0 Å². The smallest absolute Gasteiger partial charge is 0.356 e. The first-order chi connectivity index (χ1) is 9.90. The van der Waals surface area contributed by atoms with Gasteiger partial charge in [0.05, 0.1) is 0 Å². The standard InChI is InChI=1S/C14H19F4N3/c1-19-13(20-9-3-2-8-14(16,17)18)21-10-11-4-6-12(15)7-5-11/h4-7H,2-3,8-10H2,1H3,(H2,19,20,21). The van der Waals surface area contributed by atoms with E-state index in [0.717, 1.165) is 5.56 Å². The topological polar surface area (TPSA) is 36.4 Å². The van der Waals surface area contributed by atoms with E-state index in [4.69, 9.17) is 0 Å². The van der Waals surface area contributed by atoms with Gasteiger partial charge in [-0.15, -0.1) is 0 Å². The largest absolute Gasteiger partial charge is 0.389 e. The molecule has 1 rings (SSSR count). The second kappa shape index (κ2) is 8.49. The second-order valence-electron chi connectivity index (χ2n) is 4.55. The molecule has 118 valence electrons. The Labute approximate surface area is 121 Å². The molecule has 0 aromatic heterocycles. The van der Waals surface area contributed by atoms with Gasteiger partial charge in [0.2, 0.25) is 0 Å². The second-order valence-corrected chi connectivity index (χ2v) is 4.55. The lowest BCUT2D eigenvalue weighted by Crippen LogP contribution is -2.37. The van der Waals surface area contributed by atoms with Crippen molar-refractivity contribution >= 4 is 5.96 Å². The highest BCUT2D eigenvalue weighted by Crippen LogP contribution is 2.21. The number of guanidine groups is 1. The number of hydrogen-bond acceptors (Lipinski definition) is 1. The maximum Gasteiger partial charge on any atom is 0.389 e. The van der Waals surface area contributed by atoms with Gasteiger partial charge < -0.3 is 10.6 Å². The van der Waals surface area contributed by atoms with Crippen LogP contribution in [0.4, 0.5) is 17.6 Å². The van der Waals surface area contributed by atoms with E-state index in [-0.39, 0.29) is 12.2 Å². The molecule has 0 unspecified atom stereocenters. The van der Waals surface area contributed by atoms with Crippen molar-refractivity contribution in [2.45, 2.75) is 32.0 Å². The first-order valence-electron chi connectivity index (χ1n) is 6.66. The van der Waals surface area contributed by atoms with E-state index >= 15 is 0 Å². The lowest BCUT2D eigenvalue weighted by Gasteiger charge is -2.12. The van der Waals surface area contributed by atoms with E-state index in [1.807, 2.05) is 0 Å². The van der Waals surface area contributed by atoms with Gasteiger partial charge in [0.25, 0.3) is 0 Å². The minimum Gasteiger partial charge on any atom is -0.356 e. The van der Waals surface area contributed by atoms with Crippen LogP contribution >= 0.6 is 0 Å². The molecule has 1 aromatic carbocycles. The molecule has 0 spiro atoms. The van der Waals surface area contributed by atoms with E-state index in [1.54, 1.807) is 19.2 Å². The molecule has 0 fully saturated rings. The summed E-state index contributed by atoms with van der Waals surface area (Å²) in [5.41, 5.74) is 0.886. The van der Waals surface area contributed by atoms with Crippen LogP contribution in [0.15, 0.2) is 29.3 Å². The fourth-order valence-electron chi connectivity index (χ4n) is 1.67. The van der Waals surface area contributed by atoms with Crippen LogP contribution in [0.1, 0.15) is 24.8 Å². The average Bonchev–Trinajstić information content (AvgIpc) is 2.42. The summed E-state index contributed by atoms with van der Waals surface area (Å²) in [7, 11) is 1.58. The molecule has 0 aliphatic heterocycles. The molecule has 0 aliphatic carbocycles. The number of benzene rings is 1. The van der Waals surface area contributed by atoms with Crippen LogP contribution in [0.5, 0.6) is 0 Å². The molecule has 3 nitrogen and oxygen atoms in total. The highest BCUT2D eigenvalue weighted by Gasteiger charge is 2.25. The molecule has 0 aliphatic rings. The Morgan fingerprint density at radius 3 is 2.33 bits per heavy atom. The molecular weight excluding hydrogens is 286 g/mol. The summed E-state index contributed by atoms with van der Waals surface area (Å²) in [6, 6.07) is 6.03. The highest BCUT2D eigenvalue weighted by molar-refractivity contribution is 5.79.